The highest BCUT2D eigenvalue weighted by atomic mass is 35.5. The Morgan fingerprint density at radius 1 is 1.31 bits per heavy atom. The first-order valence-electron chi connectivity index (χ1n) is 7.75. The van der Waals surface area contributed by atoms with E-state index in [1.54, 1.807) is 12.1 Å². The highest BCUT2D eigenvalue weighted by Gasteiger charge is 2.24. The summed E-state index contributed by atoms with van der Waals surface area (Å²) in [7, 11) is 0. The molecule has 0 spiro atoms. The summed E-state index contributed by atoms with van der Waals surface area (Å²) in [6.07, 6.45) is 3.29. The van der Waals surface area contributed by atoms with Crippen LogP contribution in [0.25, 0.3) is 6.08 Å². The average molecular weight is 412 g/mol. The van der Waals surface area contributed by atoms with Crippen molar-refractivity contribution in [3.05, 3.63) is 56.4 Å². The lowest BCUT2D eigenvalue weighted by Crippen LogP contribution is -2.26. The van der Waals surface area contributed by atoms with Crippen molar-refractivity contribution < 1.29 is 13.9 Å². The first kappa shape index (κ1) is 18.7. The van der Waals surface area contributed by atoms with E-state index in [-0.39, 0.29) is 28.3 Å². The summed E-state index contributed by atoms with van der Waals surface area (Å²) < 4.78 is 11.1. The van der Waals surface area contributed by atoms with Gasteiger partial charge in [-0.3, -0.25) is 4.79 Å². The highest BCUT2D eigenvalue weighted by molar-refractivity contribution is 6.40. The summed E-state index contributed by atoms with van der Waals surface area (Å²) in [5.74, 6) is 0.759. The Labute approximate surface area is 165 Å². The van der Waals surface area contributed by atoms with Crippen LogP contribution in [0.15, 0.2) is 34.3 Å². The number of furan rings is 1. The Morgan fingerprint density at radius 3 is 2.62 bits per heavy atom. The Bertz CT molecular complexity index is 888. The van der Waals surface area contributed by atoms with Gasteiger partial charge < -0.3 is 14.5 Å². The maximum atomic E-state index is 11.9. The molecule has 1 aromatic heterocycles. The van der Waals surface area contributed by atoms with Crippen molar-refractivity contribution in [3.8, 4) is 11.8 Å². The topological polar surface area (TPSA) is 75.3 Å². The largest absolute Gasteiger partial charge is 0.483 e. The van der Waals surface area contributed by atoms with Gasteiger partial charge in [0.05, 0.1) is 10.0 Å². The van der Waals surface area contributed by atoms with Crippen molar-refractivity contribution in [1.82, 2.24) is 5.32 Å². The summed E-state index contributed by atoms with van der Waals surface area (Å²) in [5.41, 5.74) is -0.0116. The minimum Gasteiger partial charge on any atom is -0.483 e. The Balaban J connectivity index is 1.67. The molecule has 1 N–H and O–H groups in total. The number of hydrogen-bond acceptors (Lipinski definition) is 4. The van der Waals surface area contributed by atoms with Gasteiger partial charge in [0.15, 0.2) is 5.75 Å². The molecule has 0 unspecified atom stereocenters. The molecule has 26 heavy (non-hydrogen) atoms. The van der Waals surface area contributed by atoms with Crippen LogP contribution in [0.1, 0.15) is 24.4 Å². The van der Waals surface area contributed by atoms with Crippen LogP contribution in [0, 0.1) is 11.3 Å². The molecule has 0 radical (unpaired) electrons. The first-order valence-corrected chi connectivity index (χ1v) is 8.88. The minimum absolute atomic E-state index is 0.0116. The maximum Gasteiger partial charge on any atom is 0.262 e. The SMILES string of the molecule is N#CC(=Cc1ccc(COc2c(Cl)cc(Cl)cc2Cl)o1)C(=O)NC1CC1. The first-order chi connectivity index (χ1) is 12.5. The predicted molar refractivity (Wildman–Crippen MR) is 99.3 cm³/mol. The molecule has 0 aliphatic heterocycles. The number of rotatable bonds is 6. The van der Waals surface area contributed by atoms with E-state index in [0.717, 1.165) is 12.8 Å². The van der Waals surface area contributed by atoms with Gasteiger partial charge in [-0.2, -0.15) is 5.26 Å². The molecule has 5 nitrogen and oxygen atoms in total. The number of nitrogens with one attached hydrogen (secondary N) is 1. The fourth-order valence-electron chi connectivity index (χ4n) is 2.14. The zero-order valence-corrected chi connectivity index (χ0v) is 15.7. The van der Waals surface area contributed by atoms with Crippen LogP contribution in [0.4, 0.5) is 0 Å². The molecule has 0 bridgehead atoms. The molecule has 1 amide bonds. The summed E-state index contributed by atoms with van der Waals surface area (Å²) >= 11 is 18.0. The van der Waals surface area contributed by atoms with E-state index in [1.807, 2.05) is 6.07 Å². The van der Waals surface area contributed by atoms with Gasteiger partial charge in [0.2, 0.25) is 0 Å². The molecule has 8 heteroatoms. The third kappa shape index (κ3) is 4.73. The number of hydrogen-bond donors (Lipinski definition) is 1. The lowest BCUT2D eigenvalue weighted by atomic mass is 10.2. The van der Waals surface area contributed by atoms with Crippen LogP contribution in [0.2, 0.25) is 15.1 Å². The Kier molecular flexibility index (Phi) is 5.77. The normalized spacial score (nSPS) is 14.0. The van der Waals surface area contributed by atoms with Crippen LogP contribution in [0.3, 0.4) is 0 Å². The number of ether oxygens (including phenoxy) is 1. The van der Waals surface area contributed by atoms with Crippen LogP contribution >= 0.6 is 34.8 Å². The van der Waals surface area contributed by atoms with Gasteiger partial charge in [0.1, 0.15) is 29.8 Å². The second-order valence-electron chi connectivity index (χ2n) is 5.71. The third-order valence-corrected chi connectivity index (χ3v) is 4.35. The van der Waals surface area contributed by atoms with E-state index in [0.29, 0.717) is 22.3 Å². The number of nitriles is 1. The molecular formula is C18H13Cl3N2O3. The molecule has 0 atom stereocenters. The maximum absolute atomic E-state index is 11.9. The van der Waals surface area contributed by atoms with Crippen molar-refractivity contribution >= 4 is 46.8 Å². The van der Waals surface area contributed by atoms with Crippen molar-refractivity contribution in [2.75, 3.05) is 0 Å². The quantitative estimate of drug-likeness (QED) is 0.536. The van der Waals surface area contributed by atoms with Crippen molar-refractivity contribution in [3.63, 3.8) is 0 Å². The van der Waals surface area contributed by atoms with Crippen molar-refractivity contribution in [2.24, 2.45) is 0 Å². The van der Waals surface area contributed by atoms with Gasteiger partial charge >= 0.3 is 0 Å². The van der Waals surface area contributed by atoms with E-state index < -0.39 is 5.91 Å². The Hall–Kier alpha value is -2.13. The van der Waals surface area contributed by atoms with Crippen molar-refractivity contribution in [1.29, 1.82) is 5.26 Å². The summed E-state index contributed by atoms with van der Waals surface area (Å²) in [4.78, 5) is 11.9. The molecule has 1 saturated carbocycles. The van der Waals surface area contributed by atoms with E-state index in [9.17, 15) is 4.79 Å². The summed E-state index contributed by atoms with van der Waals surface area (Å²) in [6, 6.07) is 8.43. The number of carbonyl (C=O) groups excluding carboxylic acids is 1. The summed E-state index contributed by atoms with van der Waals surface area (Å²) in [5, 5.41) is 12.9. The zero-order chi connectivity index (χ0) is 18.7. The number of benzene rings is 1. The molecule has 1 aliphatic rings. The zero-order valence-electron chi connectivity index (χ0n) is 13.4. The average Bonchev–Trinajstić information content (AvgIpc) is 3.28. The van der Waals surface area contributed by atoms with Crippen molar-refractivity contribution in [2.45, 2.75) is 25.5 Å². The molecule has 3 rings (SSSR count). The monoisotopic (exact) mass is 410 g/mol. The molecular weight excluding hydrogens is 399 g/mol. The standard InChI is InChI=1S/C18H13Cl3N2O3/c19-11-6-15(20)17(16(21)7-11)25-9-14-4-3-13(26-14)5-10(8-22)18(24)23-12-1-2-12/h3-7,12H,1-2,9H2,(H,23,24). The number of carbonyl (C=O) groups is 1. The van der Waals surface area contributed by atoms with E-state index in [1.165, 1.54) is 18.2 Å². The lowest BCUT2D eigenvalue weighted by molar-refractivity contribution is -0.117. The summed E-state index contributed by atoms with van der Waals surface area (Å²) in [6.45, 7) is 0.0745. The molecule has 1 fully saturated rings. The van der Waals surface area contributed by atoms with Gasteiger partial charge in [-0.1, -0.05) is 34.8 Å². The third-order valence-electron chi connectivity index (χ3n) is 3.57. The van der Waals surface area contributed by atoms with Gasteiger partial charge in [0.25, 0.3) is 5.91 Å². The van der Waals surface area contributed by atoms with Crippen LogP contribution in [-0.2, 0) is 11.4 Å². The highest BCUT2D eigenvalue weighted by Crippen LogP contribution is 2.36. The van der Waals surface area contributed by atoms with E-state index >= 15 is 0 Å². The molecule has 2 aromatic rings. The van der Waals surface area contributed by atoms with Gasteiger partial charge in [0, 0.05) is 17.1 Å². The van der Waals surface area contributed by atoms with Gasteiger partial charge in [-0.05, 0) is 37.1 Å². The molecule has 0 saturated heterocycles. The molecule has 1 aromatic carbocycles. The van der Waals surface area contributed by atoms with Crippen LogP contribution in [0.5, 0.6) is 5.75 Å². The predicted octanol–water partition coefficient (Wildman–Crippen LogP) is 5.00. The minimum atomic E-state index is -0.399. The lowest BCUT2D eigenvalue weighted by Gasteiger charge is -2.08. The number of amides is 1. The second-order valence-corrected chi connectivity index (χ2v) is 6.96. The molecule has 1 aliphatic carbocycles. The van der Waals surface area contributed by atoms with Gasteiger partial charge in [-0.25, -0.2) is 0 Å². The van der Waals surface area contributed by atoms with E-state index in [2.05, 4.69) is 5.32 Å². The number of nitrogens with zero attached hydrogens (tertiary/aromatic N) is 1. The van der Waals surface area contributed by atoms with Crippen LogP contribution < -0.4 is 10.1 Å². The smallest absolute Gasteiger partial charge is 0.262 e. The Morgan fingerprint density at radius 2 is 2.00 bits per heavy atom. The fraction of sp³-hybridized carbons (Fsp3) is 0.222. The number of halogens is 3. The molecule has 1 heterocycles. The van der Waals surface area contributed by atoms with E-state index in [4.69, 9.17) is 49.2 Å². The second kappa shape index (κ2) is 8.05. The fourth-order valence-corrected chi connectivity index (χ4v) is 3.07. The van der Waals surface area contributed by atoms with Crippen LogP contribution in [-0.4, -0.2) is 11.9 Å². The van der Waals surface area contributed by atoms with Gasteiger partial charge in [-0.15, -0.1) is 0 Å². The molecule has 134 valence electrons.